The highest BCUT2D eigenvalue weighted by molar-refractivity contribution is 14.1. The zero-order valence-corrected chi connectivity index (χ0v) is 13.9. The van der Waals surface area contributed by atoms with Gasteiger partial charge in [-0.05, 0) is 58.0 Å². The highest BCUT2D eigenvalue weighted by Gasteiger charge is 2.16. The monoisotopic (exact) mass is 440 g/mol. The first-order valence-electron chi connectivity index (χ1n) is 4.93. The van der Waals surface area contributed by atoms with Crippen LogP contribution in [0.3, 0.4) is 0 Å². The van der Waals surface area contributed by atoms with Gasteiger partial charge < -0.3 is 0 Å². The van der Waals surface area contributed by atoms with Crippen LogP contribution in [-0.2, 0) is 0 Å². The van der Waals surface area contributed by atoms with Crippen molar-refractivity contribution >= 4 is 61.7 Å². The summed E-state index contributed by atoms with van der Waals surface area (Å²) in [6.07, 6.45) is 0. The molecule has 0 saturated carbocycles. The smallest absolute Gasteiger partial charge is 0.0669 e. The van der Waals surface area contributed by atoms with Crippen LogP contribution in [0.2, 0.25) is 10.0 Å². The Balaban J connectivity index is 2.47. The van der Waals surface area contributed by atoms with Gasteiger partial charge in [-0.3, -0.25) is 0 Å². The summed E-state index contributed by atoms with van der Waals surface area (Å²) in [5, 5.41) is 1.41. The highest BCUT2D eigenvalue weighted by Crippen LogP contribution is 2.38. The molecule has 4 heteroatoms. The summed E-state index contributed by atoms with van der Waals surface area (Å²) in [5.74, 6) is 0. The normalized spacial score (nSPS) is 12.5. The van der Waals surface area contributed by atoms with Crippen molar-refractivity contribution in [1.29, 1.82) is 0 Å². The fraction of sp³-hybridized carbons (Fsp3) is 0.0769. The van der Waals surface area contributed by atoms with Gasteiger partial charge in [-0.2, -0.15) is 0 Å². The standard InChI is InChI=1S/C13H8BrCl2I/c14-13(9-3-1-2-4-12(9)17)10-7-8(15)5-6-11(10)16/h1-7,13H. The summed E-state index contributed by atoms with van der Waals surface area (Å²) in [7, 11) is 0. The van der Waals surface area contributed by atoms with Crippen molar-refractivity contribution in [2.75, 3.05) is 0 Å². The first-order valence-corrected chi connectivity index (χ1v) is 7.68. The largest absolute Gasteiger partial charge is 0.0843 e. The van der Waals surface area contributed by atoms with Crippen molar-refractivity contribution < 1.29 is 0 Å². The van der Waals surface area contributed by atoms with Gasteiger partial charge in [-0.25, -0.2) is 0 Å². The van der Waals surface area contributed by atoms with Gasteiger partial charge in [0.2, 0.25) is 0 Å². The first-order chi connectivity index (χ1) is 8.09. The van der Waals surface area contributed by atoms with Crippen LogP contribution in [0.5, 0.6) is 0 Å². The molecule has 0 saturated heterocycles. The molecule has 1 unspecified atom stereocenters. The van der Waals surface area contributed by atoms with Gasteiger partial charge in [0.05, 0.1) is 4.83 Å². The fourth-order valence-corrected chi connectivity index (χ4v) is 4.00. The van der Waals surface area contributed by atoms with Crippen LogP contribution < -0.4 is 0 Å². The van der Waals surface area contributed by atoms with E-state index in [9.17, 15) is 0 Å². The maximum Gasteiger partial charge on any atom is 0.0669 e. The Labute approximate surface area is 133 Å². The summed E-state index contributed by atoms with van der Waals surface area (Å²) in [6.45, 7) is 0. The van der Waals surface area contributed by atoms with Crippen LogP contribution in [-0.4, -0.2) is 0 Å². The average Bonchev–Trinajstić information content (AvgIpc) is 2.32. The van der Waals surface area contributed by atoms with E-state index in [2.05, 4.69) is 50.7 Å². The summed E-state index contributed by atoms with van der Waals surface area (Å²) in [5.41, 5.74) is 2.18. The summed E-state index contributed by atoms with van der Waals surface area (Å²) < 4.78 is 1.20. The van der Waals surface area contributed by atoms with E-state index in [1.54, 1.807) is 6.07 Å². The molecule has 88 valence electrons. The minimum absolute atomic E-state index is 0.0572. The Morgan fingerprint density at radius 1 is 1.00 bits per heavy atom. The molecule has 0 aliphatic heterocycles. The van der Waals surface area contributed by atoms with Crippen LogP contribution in [0.15, 0.2) is 42.5 Å². The van der Waals surface area contributed by atoms with Gasteiger partial charge in [0.25, 0.3) is 0 Å². The van der Waals surface area contributed by atoms with Gasteiger partial charge in [0.1, 0.15) is 0 Å². The number of hydrogen-bond acceptors (Lipinski definition) is 0. The molecular weight excluding hydrogens is 434 g/mol. The quantitative estimate of drug-likeness (QED) is 0.391. The molecule has 0 aromatic heterocycles. The molecule has 0 bridgehead atoms. The lowest BCUT2D eigenvalue weighted by molar-refractivity contribution is 1.16. The molecule has 2 rings (SSSR count). The topological polar surface area (TPSA) is 0 Å². The molecule has 0 fully saturated rings. The molecule has 2 aromatic carbocycles. The Morgan fingerprint density at radius 3 is 2.41 bits per heavy atom. The molecule has 0 spiro atoms. The number of benzene rings is 2. The molecule has 0 aliphatic carbocycles. The molecular formula is C13H8BrCl2I. The van der Waals surface area contributed by atoms with Gasteiger partial charge in [-0.1, -0.05) is 57.3 Å². The maximum absolute atomic E-state index is 6.20. The third-order valence-electron chi connectivity index (χ3n) is 2.41. The molecule has 0 N–H and O–H groups in total. The summed E-state index contributed by atoms with van der Waals surface area (Å²) in [4.78, 5) is 0.0572. The van der Waals surface area contributed by atoms with E-state index in [0.29, 0.717) is 5.02 Å². The number of halogens is 4. The van der Waals surface area contributed by atoms with E-state index < -0.39 is 0 Å². The first kappa shape index (κ1) is 13.7. The van der Waals surface area contributed by atoms with Gasteiger partial charge in [0, 0.05) is 13.6 Å². The number of alkyl halides is 1. The van der Waals surface area contributed by atoms with Crippen molar-refractivity contribution in [1.82, 2.24) is 0 Å². The van der Waals surface area contributed by atoms with E-state index >= 15 is 0 Å². The molecule has 2 aromatic rings. The lowest BCUT2D eigenvalue weighted by atomic mass is 10.1. The Morgan fingerprint density at radius 2 is 1.71 bits per heavy atom. The Bertz CT molecular complexity index is 543. The van der Waals surface area contributed by atoms with Crippen LogP contribution in [0.1, 0.15) is 16.0 Å². The summed E-state index contributed by atoms with van der Waals surface area (Å²) in [6, 6.07) is 13.7. The SMILES string of the molecule is Clc1ccc(Cl)c(C(Br)c2ccccc2I)c1. The minimum Gasteiger partial charge on any atom is -0.0843 e. The second-order valence-corrected chi connectivity index (χ2v) is 6.47. The molecule has 0 radical (unpaired) electrons. The van der Waals surface area contributed by atoms with Gasteiger partial charge >= 0.3 is 0 Å². The van der Waals surface area contributed by atoms with Gasteiger partial charge in [0.15, 0.2) is 0 Å². The highest BCUT2D eigenvalue weighted by atomic mass is 127. The van der Waals surface area contributed by atoms with Crippen molar-refractivity contribution in [2.24, 2.45) is 0 Å². The van der Waals surface area contributed by atoms with Crippen LogP contribution >= 0.6 is 61.7 Å². The van der Waals surface area contributed by atoms with Crippen LogP contribution in [0.25, 0.3) is 0 Å². The van der Waals surface area contributed by atoms with Crippen molar-refractivity contribution in [2.45, 2.75) is 4.83 Å². The minimum atomic E-state index is 0.0572. The lowest BCUT2D eigenvalue weighted by Gasteiger charge is -2.14. The molecule has 0 heterocycles. The van der Waals surface area contributed by atoms with E-state index in [4.69, 9.17) is 23.2 Å². The second-order valence-electron chi connectivity index (χ2n) is 3.55. The zero-order valence-electron chi connectivity index (χ0n) is 8.63. The van der Waals surface area contributed by atoms with Crippen LogP contribution in [0.4, 0.5) is 0 Å². The predicted molar refractivity (Wildman–Crippen MR) is 86.4 cm³/mol. The average molecular weight is 442 g/mol. The Kier molecular flexibility index (Phi) is 4.75. The maximum atomic E-state index is 6.20. The number of hydrogen-bond donors (Lipinski definition) is 0. The molecule has 0 nitrogen and oxygen atoms in total. The third kappa shape index (κ3) is 3.16. The Hall–Kier alpha value is 0.230. The molecule has 0 aliphatic rings. The number of rotatable bonds is 2. The van der Waals surface area contributed by atoms with Gasteiger partial charge in [-0.15, -0.1) is 0 Å². The van der Waals surface area contributed by atoms with Crippen molar-refractivity contribution in [3.8, 4) is 0 Å². The summed E-state index contributed by atoms with van der Waals surface area (Å²) >= 11 is 18.2. The van der Waals surface area contributed by atoms with Crippen molar-refractivity contribution in [3.05, 3.63) is 67.2 Å². The predicted octanol–water partition coefficient (Wildman–Crippen LogP) is 6.08. The fourth-order valence-electron chi connectivity index (χ4n) is 1.56. The second kappa shape index (κ2) is 5.91. The lowest BCUT2D eigenvalue weighted by Crippen LogP contribution is -1.96. The van der Waals surface area contributed by atoms with Crippen molar-refractivity contribution in [3.63, 3.8) is 0 Å². The van der Waals surface area contributed by atoms with Crippen LogP contribution in [0, 0.1) is 3.57 Å². The van der Waals surface area contributed by atoms with E-state index in [-0.39, 0.29) is 4.83 Å². The molecule has 1 atom stereocenters. The molecule has 0 amide bonds. The van der Waals surface area contributed by atoms with E-state index in [1.807, 2.05) is 24.3 Å². The van der Waals surface area contributed by atoms with E-state index in [0.717, 1.165) is 10.6 Å². The third-order valence-corrected chi connectivity index (χ3v) is 4.96. The molecule has 17 heavy (non-hydrogen) atoms. The zero-order chi connectivity index (χ0) is 12.4. The van der Waals surface area contributed by atoms with E-state index in [1.165, 1.54) is 9.13 Å².